The Balaban J connectivity index is 1.17. The predicted octanol–water partition coefficient (Wildman–Crippen LogP) is 4.99. The molecule has 39 heavy (non-hydrogen) atoms. The maximum Gasteiger partial charge on any atom is 0.325 e. The molecule has 0 aliphatic carbocycles. The fourth-order valence-electron chi connectivity index (χ4n) is 5.73. The molecule has 0 spiro atoms. The number of nitrogens with zero attached hydrogens (tertiary/aromatic N) is 2. The number of carboxylic acid groups (broad SMARTS) is 1. The molecule has 2 aromatic rings. The molecule has 3 aliphatic rings. The molecule has 2 fully saturated rings. The van der Waals surface area contributed by atoms with E-state index in [0.29, 0.717) is 32.5 Å². The third kappa shape index (κ3) is 6.56. The molecule has 4 heterocycles. The SMILES string of the molecule is O=C(O)C(c1cccc(F)c1COC1COC1)N1CCC(C(F)(F)CCCCc2ccc3c(n2)NCCC3)C1. The normalized spacial score (nSPS) is 20.7. The molecule has 1 aromatic heterocycles. The molecule has 2 N–H and O–H groups in total. The van der Waals surface area contributed by atoms with Gasteiger partial charge in [-0.15, -0.1) is 0 Å². The van der Waals surface area contributed by atoms with Crippen LogP contribution in [0.3, 0.4) is 0 Å². The van der Waals surface area contributed by atoms with Gasteiger partial charge in [-0.25, -0.2) is 18.2 Å². The molecule has 2 saturated heterocycles. The van der Waals surface area contributed by atoms with Crippen LogP contribution < -0.4 is 5.32 Å². The molecular formula is C29H36F3N3O4. The number of aryl methyl sites for hydroxylation is 2. The van der Waals surface area contributed by atoms with Crippen molar-refractivity contribution in [2.45, 2.75) is 69.6 Å². The third-order valence-electron chi connectivity index (χ3n) is 8.08. The van der Waals surface area contributed by atoms with E-state index >= 15 is 8.78 Å². The Morgan fingerprint density at radius 1 is 1.26 bits per heavy atom. The number of benzene rings is 1. The first-order valence-corrected chi connectivity index (χ1v) is 13.9. The number of fused-ring (bicyclic) bond motifs is 1. The average molecular weight is 548 g/mol. The zero-order valence-corrected chi connectivity index (χ0v) is 22.0. The Labute approximate surface area is 226 Å². The van der Waals surface area contributed by atoms with Crippen molar-refractivity contribution in [1.29, 1.82) is 0 Å². The number of ether oxygens (including phenoxy) is 2. The van der Waals surface area contributed by atoms with Crippen molar-refractivity contribution in [3.63, 3.8) is 0 Å². The Kier molecular flexibility index (Phi) is 8.73. The van der Waals surface area contributed by atoms with Crippen LogP contribution in [0.25, 0.3) is 0 Å². The number of hydrogen-bond donors (Lipinski definition) is 2. The molecular weight excluding hydrogens is 511 g/mol. The van der Waals surface area contributed by atoms with Gasteiger partial charge in [0.2, 0.25) is 0 Å². The minimum absolute atomic E-state index is 0.0602. The summed E-state index contributed by atoms with van der Waals surface area (Å²) in [5.74, 6) is -4.71. The zero-order chi connectivity index (χ0) is 27.4. The number of carboxylic acids is 1. The van der Waals surface area contributed by atoms with E-state index in [1.54, 1.807) is 6.07 Å². The highest BCUT2D eigenvalue weighted by molar-refractivity contribution is 5.76. The van der Waals surface area contributed by atoms with Gasteiger partial charge in [0.15, 0.2) is 0 Å². The summed E-state index contributed by atoms with van der Waals surface area (Å²) in [5.41, 5.74) is 2.51. The minimum atomic E-state index is -2.92. The average Bonchev–Trinajstić information content (AvgIpc) is 3.38. The summed E-state index contributed by atoms with van der Waals surface area (Å²) in [6.07, 6.45) is 3.47. The number of halogens is 3. The Morgan fingerprint density at radius 3 is 2.87 bits per heavy atom. The Bertz CT molecular complexity index is 1160. The van der Waals surface area contributed by atoms with E-state index in [0.717, 1.165) is 30.9 Å². The summed E-state index contributed by atoms with van der Waals surface area (Å²) in [6, 6.07) is 7.09. The highest BCUT2D eigenvalue weighted by atomic mass is 19.3. The number of aromatic nitrogens is 1. The molecule has 1 aromatic carbocycles. The first-order chi connectivity index (χ1) is 18.8. The Morgan fingerprint density at radius 2 is 2.10 bits per heavy atom. The minimum Gasteiger partial charge on any atom is -0.480 e. The molecule has 5 rings (SSSR count). The summed E-state index contributed by atoms with van der Waals surface area (Å²) < 4.78 is 55.9. The van der Waals surface area contributed by atoms with Crippen LogP contribution in [0.15, 0.2) is 30.3 Å². The maximum atomic E-state index is 15.2. The van der Waals surface area contributed by atoms with Crippen molar-refractivity contribution in [3.05, 3.63) is 58.5 Å². The van der Waals surface area contributed by atoms with Gasteiger partial charge in [-0.2, -0.15) is 0 Å². The summed E-state index contributed by atoms with van der Waals surface area (Å²) in [5, 5.41) is 13.4. The van der Waals surface area contributed by atoms with Crippen LogP contribution in [-0.4, -0.2) is 65.8 Å². The Hall–Kier alpha value is -2.69. The van der Waals surface area contributed by atoms with E-state index < -0.39 is 29.7 Å². The fourth-order valence-corrected chi connectivity index (χ4v) is 5.73. The third-order valence-corrected chi connectivity index (χ3v) is 8.08. The smallest absolute Gasteiger partial charge is 0.325 e. The lowest BCUT2D eigenvalue weighted by molar-refractivity contribution is -0.144. The molecule has 0 bridgehead atoms. The van der Waals surface area contributed by atoms with Gasteiger partial charge in [-0.3, -0.25) is 9.69 Å². The van der Waals surface area contributed by atoms with Crippen LogP contribution in [0.1, 0.15) is 60.5 Å². The number of alkyl halides is 2. The largest absolute Gasteiger partial charge is 0.480 e. The van der Waals surface area contributed by atoms with Gasteiger partial charge in [0, 0.05) is 36.7 Å². The van der Waals surface area contributed by atoms with Crippen LogP contribution in [0.4, 0.5) is 19.0 Å². The molecule has 3 aliphatic heterocycles. The van der Waals surface area contributed by atoms with Crippen LogP contribution in [0.2, 0.25) is 0 Å². The topological polar surface area (TPSA) is 83.9 Å². The number of rotatable bonds is 12. The highest BCUT2D eigenvalue weighted by Gasteiger charge is 2.45. The van der Waals surface area contributed by atoms with Gasteiger partial charge in [-0.1, -0.05) is 18.2 Å². The van der Waals surface area contributed by atoms with Crippen LogP contribution in [-0.2, 0) is 33.7 Å². The highest BCUT2D eigenvalue weighted by Crippen LogP contribution is 2.40. The number of hydrogen-bond acceptors (Lipinski definition) is 6. The molecule has 212 valence electrons. The van der Waals surface area contributed by atoms with Crippen molar-refractivity contribution in [2.75, 3.05) is 38.2 Å². The summed E-state index contributed by atoms with van der Waals surface area (Å²) in [4.78, 5) is 18.5. The van der Waals surface area contributed by atoms with Gasteiger partial charge >= 0.3 is 5.97 Å². The van der Waals surface area contributed by atoms with E-state index in [1.165, 1.54) is 22.6 Å². The van der Waals surface area contributed by atoms with Crippen molar-refractivity contribution >= 4 is 11.8 Å². The molecule has 0 saturated carbocycles. The zero-order valence-electron chi connectivity index (χ0n) is 22.0. The van der Waals surface area contributed by atoms with Crippen molar-refractivity contribution < 1.29 is 32.5 Å². The standard InChI is InChI=1S/C29H36F3N3O4/c30-25-8-3-7-23(24(25)18-39-22-16-38-17-22)26(28(36)37)35-14-11-20(15-35)29(31,32)12-2-1-6-21-10-9-19-5-4-13-33-27(19)34-21/h3,7-10,20,22,26H,1-2,4-6,11-18H2,(H,33,34)(H,36,37). The molecule has 10 heteroatoms. The number of unbranched alkanes of at least 4 members (excludes halogenated alkanes) is 1. The van der Waals surface area contributed by atoms with E-state index in [1.807, 2.05) is 6.07 Å². The number of anilines is 1. The number of pyridine rings is 1. The summed E-state index contributed by atoms with van der Waals surface area (Å²) >= 11 is 0. The van der Waals surface area contributed by atoms with Gasteiger partial charge in [0.1, 0.15) is 23.8 Å². The van der Waals surface area contributed by atoms with Gasteiger partial charge in [0.05, 0.1) is 19.8 Å². The molecule has 7 nitrogen and oxygen atoms in total. The van der Waals surface area contributed by atoms with Crippen molar-refractivity contribution in [1.82, 2.24) is 9.88 Å². The second-order valence-electron chi connectivity index (χ2n) is 10.8. The van der Waals surface area contributed by atoms with Crippen LogP contribution in [0, 0.1) is 11.7 Å². The van der Waals surface area contributed by atoms with E-state index in [9.17, 15) is 14.3 Å². The van der Waals surface area contributed by atoms with E-state index in [-0.39, 0.29) is 49.8 Å². The lowest BCUT2D eigenvalue weighted by Gasteiger charge is -2.30. The number of nitrogens with one attached hydrogen (secondary N) is 1. The number of aliphatic carboxylic acids is 1. The van der Waals surface area contributed by atoms with Crippen molar-refractivity contribution in [2.24, 2.45) is 5.92 Å². The first kappa shape index (κ1) is 27.9. The predicted molar refractivity (Wildman–Crippen MR) is 139 cm³/mol. The summed E-state index contributed by atoms with van der Waals surface area (Å²) in [7, 11) is 0. The second kappa shape index (κ2) is 12.2. The maximum absolute atomic E-state index is 15.2. The first-order valence-electron chi connectivity index (χ1n) is 13.9. The lowest BCUT2D eigenvalue weighted by atomic mass is 9.94. The molecule has 0 radical (unpaired) electrons. The van der Waals surface area contributed by atoms with E-state index in [2.05, 4.69) is 16.4 Å². The monoisotopic (exact) mass is 547 g/mol. The van der Waals surface area contributed by atoms with Gasteiger partial charge in [0.25, 0.3) is 5.92 Å². The van der Waals surface area contributed by atoms with Crippen LogP contribution in [0.5, 0.6) is 0 Å². The summed E-state index contributed by atoms with van der Waals surface area (Å²) in [6.45, 7) is 1.78. The second-order valence-corrected chi connectivity index (χ2v) is 10.8. The van der Waals surface area contributed by atoms with Crippen LogP contribution >= 0.6 is 0 Å². The molecule has 0 amide bonds. The van der Waals surface area contributed by atoms with Gasteiger partial charge < -0.3 is 19.9 Å². The number of likely N-dealkylation sites (tertiary alicyclic amines) is 1. The number of carbonyl (C=O) groups is 1. The fraction of sp³-hybridized carbons (Fsp3) is 0.586. The van der Waals surface area contributed by atoms with E-state index in [4.69, 9.17) is 9.47 Å². The van der Waals surface area contributed by atoms with Crippen molar-refractivity contribution in [3.8, 4) is 0 Å². The lowest BCUT2D eigenvalue weighted by Crippen LogP contribution is -2.37. The van der Waals surface area contributed by atoms with Gasteiger partial charge in [-0.05, 0) is 68.3 Å². The molecule has 2 atom stereocenters. The molecule has 2 unspecified atom stereocenters. The quantitative estimate of drug-likeness (QED) is 0.362.